The van der Waals surface area contributed by atoms with Crippen LogP contribution in [0.2, 0.25) is 0 Å². The predicted octanol–water partition coefficient (Wildman–Crippen LogP) is 0.985. The van der Waals surface area contributed by atoms with Crippen LogP contribution in [0.15, 0.2) is 0 Å². The second-order valence-corrected chi connectivity index (χ2v) is 6.48. The lowest BCUT2D eigenvalue weighted by Crippen LogP contribution is -2.42. The first-order chi connectivity index (χ1) is 7.80. The van der Waals surface area contributed by atoms with E-state index in [1.165, 1.54) is 7.11 Å². The summed E-state index contributed by atoms with van der Waals surface area (Å²) < 4.78 is 33.0. The second-order valence-electron chi connectivity index (χ2n) is 4.89. The monoisotopic (exact) mass is 266 g/mol. The molecule has 0 saturated heterocycles. The third-order valence-corrected chi connectivity index (χ3v) is 3.95. The molecule has 5 nitrogen and oxygen atoms in total. The molecule has 6 heteroatoms. The molecular formula is C11H26N2O3S. The molecule has 0 aliphatic carbocycles. The van der Waals surface area contributed by atoms with Gasteiger partial charge in [0.15, 0.2) is 0 Å². The summed E-state index contributed by atoms with van der Waals surface area (Å²) in [5.41, 5.74) is 0. The molecule has 17 heavy (non-hydrogen) atoms. The van der Waals surface area contributed by atoms with Crippen molar-refractivity contribution in [3.05, 3.63) is 0 Å². The van der Waals surface area contributed by atoms with E-state index in [4.69, 9.17) is 4.74 Å². The van der Waals surface area contributed by atoms with Gasteiger partial charge in [0.05, 0.1) is 6.61 Å². The average molecular weight is 266 g/mol. The number of hydrogen-bond donors (Lipinski definition) is 2. The lowest BCUT2D eigenvalue weighted by molar-refractivity contribution is 0.204. The van der Waals surface area contributed by atoms with Crippen LogP contribution in [0.3, 0.4) is 0 Å². The summed E-state index contributed by atoms with van der Waals surface area (Å²) >= 11 is 0. The van der Waals surface area contributed by atoms with Crippen molar-refractivity contribution in [1.82, 2.24) is 9.44 Å². The van der Waals surface area contributed by atoms with Crippen LogP contribution in [0.1, 0.15) is 27.7 Å². The summed E-state index contributed by atoms with van der Waals surface area (Å²) in [6, 6.07) is 0. The molecule has 0 unspecified atom stereocenters. The van der Waals surface area contributed by atoms with Crippen LogP contribution < -0.4 is 9.44 Å². The largest absolute Gasteiger partial charge is 0.383 e. The fourth-order valence-corrected chi connectivity index (χ4v) is 2.64. The number of rotatable bonds is 9. The van der Waals surface area contributed by atoms with E-state index in [1.807, 2.05) is 0 Å². The molecule has 0 aromatic heterocycles. The lowest BCUT2D eigenvalue weighted by Gasteiger charge is -2.25. The molecule has 0 fully saturated rings. The molecule has 0 rings (SSSR count). The minimum Gasteiger partial charge on any atom is -0.383 e. The summed E-state index contributed by atoms with van der Waals surface area (Å²) in [5, 5.41) is 0. The molecule has 0 bridgehead atoms. The van der Waals surface area contributed by atoms with E-state index >= 15 is 0 Å². The maximum Gasteiger partial charge on any atom is 0.276 e. The SMILES string of the molecule is COCCNS(=O)(=O)NCC(C(C)C)C(C)C. The Morgan fingerprint density at radius 1 is 1.06 bits per heavy atom. The first-order valence-electron chi connectivity index (χ1n) is 6.03. The normalized spacial score (nSPS) is 12.9. The van der Waals surface area contributed by atoms with Crippen LogP contribution in [0.4, 0.5) is 0 Å². The Hall–Kier alpha value is -0.170. The van der Waals surface area contributed by atoms with E-state index in [-0.39, 0.29) is 0 Å². The molecule has 0 aliphatic heterocycles. The zero-order valence-electron chi connectivity index (χ0n) is 11.5. The standard InChI is InChI=1S/C11H26N2O3S/c1-9(2)11(10(3)4)8-13-17(14,15)12-6-7-16-5/h9-13H,6-8H2,1-5H3. The van der Waals surface area contributed by atoms with E-state index < -0.39 is 10.2 Å². The molecule has 0 aromatic carbocycles. The summed E-state index contributed by atoms with van der Waals surface area (Å²) in [5.74, 6) is 1.25. The van der Waals surface area contributed by atoms with Crippen molar-refractivity contribution in [2.24, 2.45) is 17.8 Å². The van der Waals surface area contributed by atoms with Gasteiger partial charge >= 0.3 is 0 Å². The van der Waals surface area contributed by atoms with Gasteiger partial charge in [-0.2, -0.15) is 13.1 Å². The van der Waals surface area contributed by atoms with Gasteiger partial charge in [-0.1, -0.05) is 27.7 Å². The minimum atomic E-state index is -3.40. The van der Waals surface area contributed by atoms with Crippen LogP contribution in [0.25, 0.3) is 0 Å². The highest BCUT2D eigenvalue weighted by molar-refractivity contribution is 7.87. The molecule has 104 valence electrons. The van der Waals surface area contributed by atoms with Gasteiger partial charge in [0, 0.05) is 20.2 Å². The fourth-order valence-electron chi connectivity index (χ4n) is 1.78. The van der Waals surface area contributed by atoms with Gasteiger partial charge in [0.1, 0.15) is 0 Å². The van der Waals surface area contributed by atoms with Gasteiger partial charge < -0.3 is 4.74 Å². The molecular weight excluding hydrogens is 240 g/mol. The van der Waals surface area contributed by atoms with Crippen LogP contribution in [-0.2, 0) is 14.9 Å². The zero-order chi connectivity index (χ0) is 13.5. The van der Waals surface area contributed by atoms with Crippen molar-refractivity contribution in [2.45, 2.75) is 27.7 Å². The van der Waals surface area contributed by atoms with Gasteiger partial charge in [-0.05, 0) is 17.8 Å². The predicted molar refractivity (Wildman–Crippen MR) is 70.0 cm³/mol. The Bertz CT molecular complexity index is 281. The Balaban J connectivity index is 4.15. The number of hydrogen-bond acceptors (Lipinski definition) is 3. The van der Waals surface area contributed by atoms with Crippen LogP contribution in [0, 0.1) is 17.8 Å². The molecule has 0 atom stereocenters. The summed E-state index contributed by atoms with van der Waals surface area (Å²) in [6.45, 7) is 9.57. The Labute approximate surface area is 105 Å². The van der Waals surface area contributed by atoms with E-state index in [2.05, 4.69) is 37.1 Å². The van der Waals surface area contributed by atoms with Gasteiger partial charge in [-0.3, -0.25) is 0 Å². The number of methoxy groups -OCH3 is 1. The maximum atomic E-state index is 11.6. The van der Waals surface area contributed by atoms with Crippen molar-refractivity contribution in [1.29, 1.82) is 0 Å². The van der Waals surface area contributed by atoms with Crippen LogP contribution >= 0.6 is 0 Å². The molecule has 0 amide bonds. The summed E-state index contributed by atoms with van der Waals surface area (Å²) in [7, 11) is -1.86. The summed E-state index contributed by atoms with van der Waals surface area (Å²) in [6.07, 6.45) is 0. The highest BCUT2D eigenvalue weighted by Gasteiger charge is 2.19. The smallest absolute Gasteiger partial charge is 0.276 e. The highest BCUT2D eigenvalue weighted by Crippen LogP contribution is 2.19. The van der Waals surface area contributed by atoms with Gasteiger partial charge in [-0.25, -0.2) is 4.72 Å². The molecule has 2 N–H and O–H groups in total. The maximum absolute atomic E-state index is 11.6. The Kier molecular flexibility index (Phi) is 7.94. The second kappa shape index (κ2) is 8.02. The number of nitrogens with one attached hydrogen (secondary N) is 2. The number of ether oxygens (including phenoxy) is 1. The van der Waals surface area contributed by atoms with Crippen molar-refractivity contribution in [3.8, 4) is 0 Å². The van der Waals surface area contributed by atoms with Gasteiger partial charge in [0.2, 0.25) is 0 Å². The minimum absolute atomic E-state index is 0.292. The third-order valence-electron chi connectivity index (χ3n) is 2.82. The molecule has 0 spiro atoms. The van der Waals surface area contributed by atoms with E-state index in [0.717, 1.165) is 0 Å². The van der Waals surface area contributed by atoms with E-state index in [9.17, 15) is 8.42 Å². The quantitative estimate of drug-likeness (QED) is 0.611. The first-order valence-corrected chi connectivity index (χ1v) is 7.51. The zero-order valence-corrected chi connectivity index (χ0v) is 12.3. The Morgan fingerprint density at radius 3 is 2.00 bits per heavy atom. The van der Waals surface area contributed by atoms with Crippen molar-refractivity contribution in [2.75, 3.05) is 26.8 Å². The highest BCUT2D eigenvalue weighted by atomic mass is 32.2. The Morgan fingerprint density at radius 2 is 1.59 bits per heavy atom. The van der Waals surface area contributed by atoms with Crippen molar-refractivity contribution in [3.63, 3.8) is 0 Å². The van der Waals surface area contributed by atoms with Crippen molar-refractivity contribution >= 4 is 10.2 Å². The molecule has 0 heterocycles. The van der Waals surface area contributed by atoms with E-state index in [1.54, 1.807) is 0 Å². The molecule has 0 saturated carbocycles. The third kappa shape index (κ3) is 7.70. The van der Waals surface area contributed by atoms with E-state index in [0.29, 0.717) is 37.5 Å². The topological polar surface area (TPSA) is 67.4 Å². The summed E-state index contributed by atoms with van der Waals surface area (Å²) in [4.78, 5) is 0. The lowest BCUT2D eigenvalue weighted by atomic mass is 9.86. The molecule has 0 aromatic rings. The van der Waals surface area contributed by atoms with Gasteiger partial charge in [-0.15, -0.1) is 0 Å². The van der Waals surface area contributed by atoms with Gasteiger partial charge in [0.25, 0.3) is 10.2 Å². The van der Waals surface area contributed by atoms with Crippen LogP contribution in [0.5, 0.6) is 0 Å². The van der Waals surface area contributed by atoms with Crippen LogP contribution in [-0.4, -0.2) is 35.2 Å². The molecule has 0 aliphatic rings. The average Bonchev–Trinajstić information content (AvgIpc) is 2.16. The van der Waals surface area contributed by atoms with Crippen molar-refractivity contribution < 1.29 is 13.2 Å². The fraction of sp³-hybridized carbons (Fsp3) is 1.00. The molecule has 0 radical (unpaired) electrons. The first kappa shape index (κ1) is 16.8.